The summed E-state index contributed by atoms with van der Waals surface area (Å²) in [4.78, 5) is 6.25. The van der Waals surface area contributed by atoms with Gasteiger partial charge in [-0.25, -0.2) is 4.98 Å². The SMILES string of the molecule is CCNCc1nc(C2CCC2)sc1-c1ccccc1. The molecule has 0 amide bonds. The van der Waals surface area contributed by atoms with Crippen molar-refractivity contribution in [1.29, 1.82) is 0 Å². The lowest BCUT2D eigenvalue weighted by Crippen LogP contribution is -2.13. The van der Waals surface area contributed by atoms with E-state index in [1.54, 1.807) is 0 Å². The van der Waals surface area contributed by atoms with Gasteiger partial charge in [0.15, 0.2) is 0 Å². The number of nitrogens with one attached hydrogen (secondary N) is 1. The van der Waals surface area contributed by atoms with E-state index < -0.39 is 0 Å². The minimum atomic E-state index is 0.725. The van der Waals surface area contributed by atoms with E-state index in [2.05, 4.69) is 42.6 Å². The van der Waals surface area contributed by atoms with Gasteiger partial charge in [0.25, 0.3) is 0 Å². The highest BCUT2D eigenvalue weighted by Crippen LogP contribution is 2.41. The van der Waals surface area contributed by atoms with Crippen LogP contribution < -0.4 is 5.32 Å². The van der Waals surface area contributed by atoms with Crippen molar-refractivity contribution in [2.24, 2.45) is 0 Å². The number of benzene rings is 1. The molecule has 0 radical (unpaired) electrons. The molecule has 0 aliphatic heterocycles. The third-order valence-electron chi connectivity index (χ3n) is 3.75. The van der Waals surface area contributed by atoms with E-state index in [0.29, 0.717) is 0 Å². The number of hydrogen-bond acceptors (Lipinski definition) is 3. The fourth-order valence-corrected chi connectivity index (χ4v) is 3.64. The second-order valence-electron chi connectivity index (χ2n) is 5.10. The molecule has 1 aliphatic rings. The maximum absolute atomic E-state index is 4.90. The van der Waals surface area contributed by atoms with Gasteiger partial charge in [0, 0.05) is 12.5 Å². The highest BCUT2D eigenvalue weighted by Gasteiger charge is 2.24. The molecule has 2 nitrogen and oxygen atoms in total. The van der Waals surface area contributed by atoms with Crippen LogP contribution in [0.25, 0.3) is 10.4 Å². The van der Waals surface area contributed by atoms with Gasteiger partial charge >= 0.3 is 0 Å². The summed E-state index contributed by atoms with van der Waals surface area (Å²) in [6.07, 6.45) is 4.01. The van der Waals surface area contributed by atoms with E-state index in [0.717, 1.165) is 19.0 Å². The summed E-state index contributed by atoms with van der Waals surface area (Å²) in [5, 5.41) is 4.75. The van der Waals surface area contributed by atoms with Crippen molar-refractivity contribution in [2.75, 3.05) is 6.54 Å². The molecule has 1 saturated carbocycles. The minimum Gasteiger partial charge on any atom is -0.311 e. The Balaban J connectivity index is 1.93. The van der Waals surface area contributed by atoms with Crippen LogP contribution >= 0.6 is 11.3 Å². The largest absolute Gasteiger partial charge is 0.311 e. The fourth-order valence-electron chi connectivity index (χ4n) is 2.38. The molecule has 2 aromatic rings. The Morgan fingerprint density at radius 3 is 2.68 bits per heavy atom. The molecule has 1 aromatic heterocycles. The Kier molecular flexibility index (Phi) is 3.95. The summed E-state index contributed by atoms with van der Waals surface area (Å²) in [5.41, 5.74) is 2.53. The molecule has 0 atom stereocenters. The number of rotatable bonds is 5. The highest BCUT2D eigenvalue weighted by molar-refractivity contribution is 7.15. The van der Waals surface area contributed by atoms with Crippen molar-refractivity contribution in [1.82, 2.24) is 10.3 Å². The van der Waals surface area contributed by atoms with Crippen LogP contribution in [0, 0.1) is 0 Å². The molecule has 3 rings (SSSR count). The second kappa shape index (κ2) is 5.85. The molecule has 0 saturated heterocycles. The Bertz CT molecular complexity index is 529. The molecular formula is C16H20N2S. The molecule has 1 N–H and O–H groups in total. The first-order valence-corrected chi connectivity index (χ1v) is 7.96. The monoisotopic (exact) mass is 272 g/mol. The number of hydrogen-bond donors (Lipinski definition) is 1. The minimum absolute atomic E-state index is 0.725. The topological polar surface area (TPSA) is 24.9 Å². The van der Waals surface area contributed by atoms with Gasteiger partial charge in [0.05, 0.1) is 15.6 Å². The number of aromatic nitrogens is 1. The van der Waals surface area contributed by atoms with Crippen LogP contribution in [0.5, 0.6) is 0 Å². The van der Waals surface area contributed by atoms with Crippen LogP contribution in [0.1, 0.15) is 42.8 Å². The van der Waals surface area contributed by atoms with Gasteiger partial charge in [-0.05, 0) is 24.9 Å². The van der Waals surface area contributed by atoms with E-state index in [9.17, 15) is 0 Å². The van der Waals surface area contributed by atoms with Gasteiger partial charge < -0.3 is 5.32 Å². The van der Waals surface area contributed by atoms with Gasteiger partial charge in [-0.2, -0.15) is 0 Å². The van der Waals surface area contributed by atoms with Crippen molar-refractivity contribution in [3.05, 3.63) is 41.0 Å². The second-order valence-corrected chi connectivity index (χ2v) is 6.13. The van der Waals surface area contributed by atoms with E-state index in [-0.39, 0.29) is 0 Å². The zero-order valence-electron chi connectivity index (χ0n) is 11.4. The lowest BCUT2D eigenvalue weighted by atomic mass is 9.86. The lowest BCUT2D eigenvalue weighted by molar-refractivity contribution is 0.417. The fraction of sp³-hybridized carbons (Fsp3) is 0.438. The third kappa shape index (κ3) is 2.72. The standard InChI is InChI=1S/C16H20N2S/c1-2-17-11-14-15(12-7-4-3-5-8-12)19-16(18-14)13-9-6-10-13/h3-5,7-8,13,17H,2,6,9-11H2,1H3. The predicted molar refractivity (Wildman–Crippen MR) is 81.5 cm³/mol. The first-order valence-electron chi connectivity index (χ1n) is 7.14. The van der Waals surface area contributed by atoms with Crippen molar-refractivity contribution < 1.29 is 0 Å². The Labute approximate surface area is 118 Å². The molecule has 1 aliphatic carbocycles. The average Bonchev–Trinajstić information content (AvgIpc) is 2.79. The summed E-state index contributed by atoms with van der Waals surface area (Å²) < 4.78 is 0. The Morgan fingerprint density at radius 2 is 2.05 bits per heavy atom. The van der Waals surface area contributed by atoms with Gasteiger partial charge in [0.2, 0.25) is 0 Å². The zero-order valence-corrected chi connectivity index (χ0v) is 12.2. The van der Waals surface area contributed by atoms with E-state index in [1.807, 2.05) is 11.3 Å². The molecule has 0 unspecified atom stereocenters. The number of nitrogens with zero attached hydrogens (tertiary/aromatic N) is 1. The first kappa shape index (κ1) is 12.8. The summed E-state index contributed by atoms with van der Waals surface area (Å²) in [6.45, 7) is 4.01. The molecule has 100 valence electrons. The number of thiazole rings is 1. The maximum Gasteiger partial charge on any atom is 0.0966 e. The first-order chi connectivity index (χ1) is 9.38. The van der Waals surface area contributed by atoms with Crippen LogP contribution in [0.3, 0.4) is 0 Å². The lowest BCUT2D eigenvalue weighted by Gasteiger charge is -2.22. The van der Waals surface area contributed by atoms with Gasteiger partial charge in [0.1, 0.15) is 0 Å². The summed E-state index contributed by atoms with van der Waals surface area (Å²) in [5.74, 6) is 0.725. The van der Waals surface area contributed by atoms with Crippen LogP contribution in [0.4, 0.5) is 0 Å². The van der Waals surface area contributed by atoms with Gasteiger partial charge in [-0.15, -0.1) is 11.3 Å². The molecule has 1 fully saturated rings. The highest BCUT2D eigenvalue weighted by atomic mass is 32.1. The van der Waals surface area contributed by atoms with Crippen molar-refractivity contribution in [3.8, 4) is 10.4 Å². The quantitative estimate of drug-likeness (QED) is 0.883. The van der Waals surface area contributed by atoms with E-state index in [4.69, 9.17) is 4.98 Å². The molecule has 1 aromatic carbocycles. The smallest absolute Gasteiger partial charge is 0.0966 e. The third-order valence-corrected chi connectivity index (χ3v) is 5.06. The van der Waals surface area contributed by atoms with Crippen LogP contribution in [0.15, 0.2) is 30.3 Å². The molecule has 3 heteroatoms. The molecular weight excluding hydrogens is 252 g/mol. The Morgan fingerprint density at radius 1 is 1.26 bits per heavy atom. The summed E-state index contributed by atoms with van der Waals surface area (Å²) in [6, 6.07) is 10.7. The molecule has 0 bridgehead atoms. The Hall–Kier alpha value is -1.19. The summed E-state index contributed by atoms with van der Waals surface area (Å²) >= 11 is 1.90. The van der Waals surface area contributed by atoms with Gasteiger partial charge in [-0.3, -0.25) is 0 Å². The van der Waals surface area contributed by atoms with Crippen molar-refractivity contribution in [3.63, 3.8) is 0 Å². The van der Waals surface area contributed by atoms with Crippen molar-refractivity contribution >= 4 is 11.3 Å². The van der Waals surface area contributed by atoms with Crippen LogP contribution in [0.2, 0.25) is 0 Å². The van der Waals surface area contributed by atoms with E-state index in [1.165, 1.54) is 40.4 Å². The molecule has 1 heterocycles. The van der Waals surface area contributed by atoms with Crippen LogP contribution in [-0.2, 0) is 6.54 Å². The average molecular weight is 272 g/mol. The van der Waals surface area contributed by atoms with E-state index >= 15 is 0 Å². The predicted octanol–water partition coefficient (Wildman–Crippen LogP) is 4.19. The maximum atomic E-state index is 4.90. The summed E-state index contributed by atoms with van der Waals surface area (Å²) in [7, 11) is 0. The zero-order chi connectivity index (χ0) is 13.1. The normalized spacial score (nSPS) is 15.4. The molecule has 19 heavy (non-hydrogen) atoms. The molecule has 0 spiro atoms. The van der Waals surface area contributed by atoms with Gasteiger partial charge in [-0.1, -0.05) is 43.7 Å². The van der Waals surface area contributed by atoms with Crippen molar-refractivity contribution in [2.45, 2.75) is 38.6 Å². The van der Waals surface area contributed by atoms with Crippen LogP contribution in [-0.4, -0.2) is 11.5 Å².